The van der Waals surface area contributed by atoms with Gasteiger partial charge in [-0.2, -0.15) is 10.2 Å². The molecule has 0 amide bonds. The third kappa shape index (κ3) is 1.33. The van der Waals surface area contributed by atoms with Gasteiger partial charge in [0.15, 0.2) is 0 Å². The summed E-state index contributed by atoms with van der Waals surface area (Å²) in [7, 11) is 0. The van der Waals surface area contributed by atoms with Crippen molar-refractivity contribution in [1.82, 2.24) is 10.2 Å². The molecule has 4 nitrogen and oxygen atoms in total. The molecule has 0 saturated carbocycles. The van der Waals surface area contributed by atoms with Gasteiger partial charge in [-0.1, -0.05) is 0 Å². The second-order valence-corrected chi connectivity index (χ2v) is 2.61. The highest BCUT2D eigenvalue weighted by Gasteiger charge is 2.02. The van der Waals surface area contributed by atoms with E-state index in [4.69, 9.17) is 5.11 Å². The van der Waals surface area contributed by atoms with E-state index in [0.29, 0.717) is 5.52 Å². The number of rotatable bonds is 1. The number of nitrogens with zero attached hydrogens (tertiary/aromatic N) is 2. The Bertz CT molecular complexity index is 468. The molecule has 4 heteroatoms. The van der Waals surface area contributed by atoms with Crippen LogP contribution in [0.5, 0.6) is 0 Å². The van der Waals surface area contributed by atoms with Gasteiger partial charge >= 0.3 is 5.97 Å². The Morgan fingerprint density at radius 1 is 1.31 bits per heavy atom. The topological polar surface area (TPSA) is 63.1 Å². The highest BCUT2D eigenvalue weighted by atomic mass is 16.4. The van der Waals surface area contributed by atoms with Gasteiger partial charge in [-0.05, 0) is 24.3 Å². The minimum absolute atomic E-state index is 0.264. The first kappa shape index (κ1) is 7.67. The number of hydrogen-bond donors (Lipinski definition) is 1. The van der Waals surface area contributed by atoms with Crippen LogP contribution in [0, 0.1) is 0 Å². The highest BCUT2D eigenvalue weighted by molar-refractivity contribution is 5.92. The third-order valence-electron chi connectivity index (χ3n) is 1.76. The molecule has 13 heavy (non-hydrogen) atoms. The molecular formula is C9H6N2O2. The molecule has 0 aliphatic heterocycles. The number of carbonyl (C=O) groups is 1. The van der Waals surface area contributed by atoms with E-state index >= 15 is 0 Å². The lowest BCUT2D eigenvalue weighted by molar-refractivity contribution is 0.0697. The third-order valence-corrected chi connectivity index (χ3v) is 1.76. The van der Waals surface area contributed by atoms with Crippen molar-refractivity contribution >= 4 is 16.9 Å². The summed E-state index contributed by atoms with van der Waals surface area (Å²) >= 11 is 0. The lowest BCUT2D eigenvalue weighted by atomic mass is 10.1. The van der Waals surface area contributed by atoms with Crippen LogP contribution in [0.25, 0.3) is 10.9 Å². The van der Waals surface area contributed by atoms with Gasteiger partial charge in [0.1, 0.15) is 0 Å². The molecule has 1 N–H and O–H groups in total. The molecule has 2 rings (SSSR count). The molecule has 0 aliphatic rings. The van der Waals surface area contributed by atoms with E-state index in [1.54, 1.807) is 18.2 Å². The standard InChI is InChI=1S/C9H6N2O2/c12-9(13)7-1-2-8-6(5-7)3-4-10-11-8/h1-5H,(H,12,13). The molecule has 64 valence electrons. The maximum Gasteiger partial charge on any atom is 0.335 e. The van der Waals surface area contributed by atoms with Gasteiger partial charge in [0.05, 0.1) is 17.3 Å². The first-order valence-electron chi connectivity index (χ1n) is 3.72. The van der Waals surface area contributed by atoms with Gasteiger partial charge in [0.2, 0.25) is 0 Å². The highest BCUT2D eigenvalue weighted by Crippen LogP contribution is 2.11. The number of carboxylic acids is 1. The molecule has 0 radical (unpaired) electrons. The fourth-order valence-corrected chi connectivity index (χ4v) is 1.12. The maximum absolute atomic E-state index is 10.6. The van der Waals surface area contributed by atoms with Gasteiger partial charge in [-0.3, -0.25) is 0 Å². The molecular weight excluding hydrogens is 168 g/mol. The molecule has 1 aromatic carbocycles. The monoisotopic (exact) mass is 174 g/mol. The molecule has 1 heterocycles. The molecule has 0 unspecified atom stereocenters. The number of fused-ring (bicyclic) bond motifs is 1. The zero-order valence-corrected chi connectivity index (χ0v) is 6.64. The van der Waals surface area contributed by atoms with Crippen molar-refractivity contribution in [3.8, 4) is 0 Å². The lowest BCUT2D eigenvalue weighted by Crippen LogP contribution is -1.95. The fraction of sp³-hybridized carbons (Fsp3) is 0. The fourth-order valence-electron chi connectivity index (χ4n) is 1.12. The van der Waals surface area contributed by atoms with Crippen molar-refractivity contribution in [3.63, 3.8) is 0 Å². The Balaban J connectivity index is 2.69. The number of aromatic carboxylic acids is 1. The SMILES string of the molecule is O=C(O)c1ccc2nnccc2c1. The summed E-state index contributed by atoms with van der Waals surface area (Å²) in [5.41, 5.74) is 0.966. The lowest BCUT2D eigenvalue weighted by Gasteiger charge is -1.96. The summed E-state index contributed by atoms with van der Waals surface area (Å²) in [5, 5.41) is 17.0. The Labute approximate surface area is 73.8 Å². The van der Waals surface area contributed by atoms with E-state index < -0.39 is 5.97 Å². The van der Waals surface area contributed by atoms with Gasteiger partial charge < -0.3 is 5.11 Å². The van der Waals surface area contributed by atoms with Crippen LogP contribution in [0.2, 0.25) is 0 Å². The molecule has 0 spiro atoms. The molecule has 1 aromatic heterocycles. The quantitative estimate of drug-likeness (QED) is 0.708. The molecule has 0 aliphatic carbocycles. The van der Waals surface area contributed by atoms with E-state index in [1.165, 1.54) is 12.3 Å². The zero-order valence-electron chi connectivity index (χ0n) is 6.64. The second-order valence-electron chi connectivity index (χ2n) is 2.61. The van der Waals surface area contributed by atoms with Crippen molar-refractivity contribution in [2.24, 2.45) is 0 Å². The Hall–Kier alpha value is -1.97. The molecule has 0 atom stereocenters. The summed E-state index contributed by atoms with van der Waals surface area (Å²) in [4.78, 5) is 10.6. The van der Waals surface area contributed by atoms with Crippen LogP contribution < -0.4 is 0 Å². The van der Waals surface area contributed by atoms with Crippen LogP contribution in [0.1, 0.15) is 10.4 Å². The summed E-state index contributed by atoms with van der Waals surface area (Å²) in [5.74, 6) is -0.932. The zero-order chi connectivity index (χ0) is 9.26. The van der Waals surface area contributed by atoms with Gasteiger partial charge in [-0.25, -0.2) is 4.79 Å². The Kier molecular flexibility index (Phi) is 1.66. The van der Waals surface area contributed by atoms with Gasteiger partial charge in [-0.15, -0.1) is 0 Å². The first-order chi connectivity index (χ1) is 6.27. The predicted octanol–water partition coefficient (Wildman–Crippen LogP) is 1.33. The Morgan fingerprint density at radius 2 is 2.15 bits per heavy atom. The summed E-state index contributed by atoms with van der Waals surface area (Å²) in [6, 6.07) is 6.46. The minimum atomic E-state index is -0.932. The summed E-state index contributed by atoms with van der Waals surface area (Å²) in [6.07, 6.45) is 1.54. The van der Waals surface area contributed by atoms with Crippen molar-refractivity contribution in [2.75, 3.05) is 0 Å². The van der Waals surface area contributed by atoms with Crippen molar-refractivity contribution in [3.05, 3.63) is 36.0 Å². The van der Waals surface area contributed by atoms with Gasteiger partial charge in [0.25, 0.3) is 0 Å². The number of hydrogen-bond acceptors (Lipinski definition) is 3. The number of benzene rings is 1. The number of aromatic nitrogens is 2. The van der Waals surface area contributed by atoms with E-state index in [1.807, 2.05) is 0 Å². The van der Waals surface area contributed by atoms with Crippen LogP contribution in [0.4, 0.5) is 0 Å². The van der Waals surface area contributed by atoms with Crippen LogP contribution in [0.3, 0.4) is 0 Å². The van der Waals surface area contributed by atoms with Crippen molar-refractivity contribution < 1.29 is 9.90 Å². The second kappa shape index (κ2) is 2.82. The van der Waals surface area contributed by atoms with Crippen LogP contribution >= 0.6 is 0 Å². The minimum Gasteiger partial charge on any atom is -0.478 e. The average molecular weight is 174 g/mol. The van der Waals surface area contributed by atoms with E-state index in [9.17, 15) is 4.79 Å². The van der Waals surface area contributed by atoms with Crippen molar-refractivity contribution in [1.29, 1.82) is 0 Å². The van der Waals surface area contributed by atoms with E-state index in [-0.39, 0.29) is 5.56 Å². The van der Waals surface area contributed by atoms with Crippen molar-refractivity contribution in [2.45, 2.75) is 0 Å². The van der Waals surface area contributed by atoms with E-state index in [0.717, 1.165) is 5.39 Å². The summed E-state index contributed by atoms with van der Waals surface area (Å²) in [6.45, 7) is 0. The molecule has 0 fully saturated rings. The Morgan fingerprint density at radius 3 is 2.92 bits per heavy atom. The molecule has 0 saturated heterocycles. The first-order valence-corrected chi connectivity index (χ1v) is 3.72. The largest absolute Gasteiger partial charge is 0.478 e. The van der Waals surface area contributed by atoms with Crippen LogP contribution in [-0.2, 0) is 0 Å². The summed E-state index contributed by atoms with van der Waals surface area (Å²) < 4.78 is 0. The smallest absolute Gasteiger partial charge is 0.335 e. The van der Waals surface area contributed by atoms with Crippen LogP contribution in [-0.4, -0.2) is 21.3 Å². The molecule has 2 aromatic rings. The van der Waals surface area contributed by atoms with Gasteiger partial charge in [0, 0.05) is 5.39 Å². The number of carboxylic acid groups (broad SMARTS) is 1. The van der Waals surface area contributed by atoms with E-state index in [2.05, 4.69) is 10.2 Å². The average Bonchev–Trinajstić information content (AvgIpc) is 2.17. The molecule has 0 bridgehead atoms. The van der Waals surface area contributed by atoms with Crippen LogP contribution in [0.15, 0.2) is 30.5 Å². The predicted molar refractivity (Wildman–Crippen MR) is 46.5 cm³/mol. The normalized spacial score (nSPS) is 10.2. The maximum atomic E-state index is 10.6.